The van der Waals surface area contributed by atoms with Crippen LogP contribution in [0.1, 0.15) is 70.2 Å². The zero-order valence-electron chi connectivity index (χ0n) is 26.3. The number of amides is 2. The number of H-pyrrole nitrogens is 2. The van der Waals surface area contributed by atoms with E-state index in [0.717, 1.165) is 75.9 Å². The zero-order chi connectivity index (χ0) is 32.0. The molecule has 10 heteroatoms. The third-order valence-electron chi connectivity index (χ3n) is 8.87. The molecule has 0 spiro atoms. The van der Waals surface area contributed by atoms with Gasteiger partial charge in [-0.2, -0.15) is 0 Å². The van der Waals surface area contributed by atoms with Gasteiger partial charge < -0.3 is 19.8 Å². The highest BCUT2D eigenvalue weighted by Gasteiger charge is 2.35. The van der Waals surface area contributed by atoms with Crippen LogP contribution < -0.4 is 0 Å². The topological polar surface area (TPSA) is 127 Å². The average Bonchev–Trinajstić information content (AvgIpc) is 3.85. The molecule has 2 atom stereocenters. The molecule has 2 aliphatic heterocycles. The Bertz CT molecular complexity index is 1900. The number of fused-ring (bicyclic) bond motifs is 1. The van der Waals surface area contributed by atoms with Crippen molar-refractivity contribution in [3.63, 3.8) is 0 Å². The first-order valence-corrected chi connectivity index (χ1v) is 15.9. The number of likely N-dealkylation sites (tertiary alicyclic amines) is 2. The summed E-state index contributed by atoms with van der Waals surface area (Å²) in [6, 6.07) is 20.8. The lowest BCUT2D eigenvalue weighted by Crippen LogP contribution is -2.36. The summed E-state index contributed by atoms with van der Waals surface area (Å²) in [6.07, 6.45) is 5.88. The summed E-state index contributed by atoms with van der Waals surface area (Å²) in [5.41, 5.74) is 5.40. The lowest BCUT2D eigenvalue weighted by molar-refractivity contribution is 0.0218. The summed E-state index contributed by atoms with van der Waals surface area (Å²) in [4.78, 5) is 43.7. The van der Waals surface area contributed by atoms with Crippen LogP contribution in [0.25, 0.3) is 44.4 Å². The minimum absolute atomic E-state index is 0.122. The van der Waals surface area contributed by atoms with Crippen LogP contribution in [0.3, 0.4) is 0 Å². The predicted octanol–water partition coefficient (Wildman–Crippen LogP) is 8.17. The Morgan fingerprint density at radius 3 is 2.13 bits per heavy atom. The molecule has 3 N–H and O–H groups in total. The third-order valence-corrected chi connectivity index (χ3v) is 8.87. The van der Waals surface area contributed by atoms with E-state index < -0.39 is 11.7 Å². The van der Waals surface area contributed by atoms with Gasteiger partial charge in [-0.1, -0.05) is 48.5 Å². The second kappa shape index (κ2) is 11.7. The molecule has 4 heterocycles. The smallest absolute Gasteiger partial charge is 0.410 e. The Labute approximate surface area is 267 Å². The molecule has 2 fully saturated rings. The molecule has 236 valence electrons. The largest absolute Gasteiger partial charge is 0.465 e. The lowest BCUT2D eigenvalue weighted by Gasteiger charge is -2.27. The number of imidazole rings is 2. The summed E-state index contributed by atoms with van der Waals surface area (Å²) in [5.74, 6) is 1.48. The molecule has 0 saturated carbocycles. The van der Waals surface area contributed by atoms with Crippen molar-refractivity contribution in [2.45, 2.75) is 64.1 Å². The number of ether oxygens (including phenoxy) is 1. The Kier molecular flexibility index (Phi) is 7.50. The fourth-order valence-electron chi connectivity index (χ4n) is 6.60. The first kappa shape index (κ1) is 29.6. The lowest BCUT2D eigenvalue weighted by atomic mass is 9.98. The van der Waals surface area contributed by atoms with Gasteiger partial charge in [0.2, 0.25) is 0 Å². The molecule has 0 aliphatic carbocycles. The van der Waals surface area contributed by atoms with Crippen molar-refractivity contribution in [2.75, 3.05) is 13.1 Å². The maximum atomic E-state index is 12.8. The Balaban J connectivity index is 1.06. The molecule has 0 radical (unpaired) electrons. The number of aromatic nitrogens is 4. The van der Waals surface area contributed by atoms with Crippen molar-refractivity contribution < 1.29 is 19.4 Å². The Hall–Kier alpha value is -5.12. The molecule has 2 aromatic heterocycles. The molecule has 2 amide bonds. The van der Waals surface area contributed by atoms with Gasteiger partial charge in [-0.05, 0) is 86.1 Å². The fourth-order valence-corrected chi connectivity index (χ4v) is 6.60. The minimum Gasteiger partial charge on any atom is -0.465 e. The SMILES string of the molecule is CC(C)(C)OC(=O)N1CCC[C@H]1c1nc(-c2ccc3cc(-c4ccc(-c5cnc(C6CCCN6C(=O)O)[nH]5)cc4)ccc3c2)c[nH]1. The van der Waals surface area contributed by atoms with E-state index >= 15 is 0 Å². The second-order valence-corrected chi connectivity index (χ2v) is 13.2. The number of aromatic amines is 2. The van der Waals surface area contributed by atoms with Gasteiger partial charge in [0.25, 0.3) is 0 Å². The molecule has 46 heavy (non-hydrogen) atoms. The van der Waals surface area contributed by atoms with Crippen molar-refractivity contribution in [3.05, 3.63) is 84.7 Å². The van der Waals surface area contributed by atoms with Crippen LogP contribution in [0.15, 0.2) is 73.1 Å². The van der Waals surface area contributed by atoms with Crippen LogP contribution in [-0.4, -0.2) is 65.7 Å². The highest BCUT2D eigenvalue weighted by molar-refractivity contribution is 5.90. The number of nitrogens with one attached hydrogen (secondary N) is 2. The first-order chi connectivity index (χ1) is 22.1. The van der Waals surface area contributed by atoms with Gasteiger partial charge in [-0.25, -0.2) is 19.6 Å². The van der Waals surface area contributed by atoms with Crippen LogP contribution in [0.2, 0.25) is 0 Å². The number of carbonyl (C=O) groups is 2. The highest BCUT2D eigenvalue weighted by atomic mass is 16.6. The molecular formula is C36H38N6O4. The van der Waals surface area contributed by atoms with Crippen LogP contribution >= 0.6 is 0 Å². The summed E-state index contributed by atoms with van der Waals surface area (Å²) in [7, 11) is 0. The number of carbonyl (C=O) groups excluding carboxylic acids is 1. The highest BCUT2D eigenvalue weighted by Crippen LogP contribution is 2.35. The molecule has 1 unspecified atom stereocenters. The van der Waals surface area contributed by atoms with E-state index in [4.69, 9.17) is 9.72 Å². The van der Waals surface area contributed by atoms with Crippen molar-refractivity contribution in [1.82, 2.24) is 29.7 Å². The Morgan fingerprint density at radius 2 is 1.43 bits per heavy atom. The summed E-state index contributed by atoms with van der Waals surface area (Å²) < 4.78 is 5.63. The van der Waals surface area contributed by atoms with E-state index in [2.05, 4.69) is 75.6 Å². The third kappa shape index (κ3) is 5.82. The molecule has 3 aromatic carbocycles. The number of nitrogens with zero attached hydrogens (tertiary/aromatic N) is 4. The Morgan fingerprint density at radius 1 is 0.826 bits per heavy atom. The van der Waals surface area contributed by atoms with Crippen LogP contribution in [0, 0.1) is 0 Å². The maximum absolute atomic E-state index is 12.8. The zero-order valence-corrected chi connectivity index (χ0v) is 26.3. The van der Waals surface area contributed by atoms with Gasteiger partial charge in [-0.15, -0.1) is 0 Å². The van der Waals surface area contributed by atoms with E-state index in [9.17, 15) is 14.7 Å². The first-order valence-electron chi connectivity index (χ1n) is 15.9. The van der Waals surface area contributed by atoms with E-state index in [0.29, 0.717) is 18.9 Å². The van der Waals surface area contributed by atoms with Crippen molar-refractivity contribution in [1.29, 1.82) is 0 Å². The fraction of sp³-hybridized carbons (Fsp3) is 0.333. The van der Waals surface area contributed by atoms with E-state index in [1.165, 1.54) is 4.90 Å². The monoisotopic (exact) mass is 618 g/mol. The second-order valence-electron chi connectivity index (χ2n) is 13.2. The minimum atomic E-state index is -0.904. The summed E-state index contributed by atoms with van der Waals surface area (Å²) in [5, 5.41) is 11.7. The normalized spacial score (nSPS) is 18.4. The number of hydrogen-bond donors (Lipinski definition) is 3. The van der Waals surface area contributed by atoms with Gasteiger partial charge in [0.05, 0.1) is 29.7 Å². The molecule has 10 nitrogen and oxygen atoms in total. The molecular weight excluding hydrogens is 580 g/mol. The molecule has 2 aliphatic rings. The van der Waals surface area contributed by atoms with E-state index in [1.807, 2.05) is 27.0 Å². The standard InChI is InChI=1S/C36H38N6O4/c1-36(2,3)46-35(45)42-17-5-7-31(42)33-38-21-29(40-33)27-15-14-25-18-24(12-13-26(25)19-27)22-8-10-23(11-9-22)28-20-37-32(39-28)30-6-4-16-41(30)34(43)44/h8-15,18-21,30-31H,4-7,16-17H2,1-3H3,(H,37,39)(H,38,40)(H,43,44)/t30?,31-/m0/s1. The van der Waals surface area contributed by atoms with Gasteiger partial charge in [0.1, 0.15) is 17.2 Å². The number of rotatable bonds is 5. The maximum Gasteiger partial charge on any atom is 0.410 e. The van der Waals surface area contributed by atoms with Gasteiger partial charge in [0.15, 0.2) is 0 Å². The van der Waals surface area contributed by atoms with Gasteiger partial charge in [0, 0.05) is 24.8 Å². The summed E-state index contributed by atoms with van der Waals surface area (Å²) in [6.45, 7) is 6.85. The molecule has 5 aromatic rings. The van der Waals surface area contributed by atoms with Crippen LogP contribution in [0.5, 0.6) is 0 Å². The van der Waals surface area contributed by atoms with Gasteiger partial charge in [-0.3, -0.25) is 9.80 Å². The van der Waals surface area contributed by atoms with Gasteiger partial charge >= 0.3 is 12.2 Å². The van der Waals surface area contributed by atoms with Crippen LogP contribution in [0.4, 0.5) is 9.59 Å². The molecule has 2 saturated heterocycles. The van der Waals surface area contributed by atoms with Crippen molar-refractivity contribution in [3.8, 4) is 33.6 Å². The summed E-state index contributed by atoms with van der Waals surface area (Å²) >= 11 is 0. The van der Waals surface area contributed by atoms with Crippen molar-refractivity contribution in [2.24, 2.45) is 0 Å². The average molecular weight is 619 g/mol. The number of hydrogen-bond acceptors (Lipinski definition) is 5. The number of carboxylic acid groups (broad SMARTS) is 1. The van der Waals surface area contributed by atoms with Crippen LogP contribution in [-0.2, 0) is 4.74 Å². The van der Waals surface area contributed by atoms with E-state index in [-0.39, 0.29) is 18.2 Å². The molecule has 0 bridgehead atoms. The molecule has 7 rings (SSSR count). The quantitative estimate of drug-likeness (QED) is 0.182. The van der Waals surface area contributed by atoms with Crippen molar-refractivity contribution >= 4 is 23.0 Å². The van der Waals surface area contributed by atoms with E-state index in [1.54, 1.807) is 11.1 Å². The number of benzene rings is 3. The predicted molar refractivity (Wildman–Crippen MR) is 176 cm³/mol.